The molecule has 5 atom stereocenters. The number of carbonyl (C=O) groups is 1. The highest BCUT2D eigenvalue weighted by Crippen LogP contribution is 2.61. The number of aromatic nitrogens is 1. The maximum Gasteiger partial charge on any atom is 0.167 e. The van der Waals surface area contributed by atoms with Crippen LogP contribution in [0.3, 0.4) is 0 Å². The van der Waals surface area contributed by atoms with E-state index in [1.807, 2.05) is 24.5 Å². The average Bonchev–Trinajstić information content (AvgIpc) is 2.72. The smallest absolute Gasteiger partial charge is 0.167 e. The Morgan fingerprint density at radius 2 is 1.75 bits per heavy atom. The van der Waals surface area contributed by atoms with Gasteiger partial charge in [0.2, 0.25) is 0 Å². The van der Waals surface area contributed by atoms with Gasteiger partial charge in [-0.15, -0.1) is 0 Å². The number of aromatic hydroxyl groups is 2. The van der Waals surface area contributed by atoms with Crippen molar-refractivity contribution < 1.29 is 15.0 Å². The number of Topliss-reactive ketones (excluding diaryl/α,β-unsaturated/α-hetero) is 1. The van der Waals surface area contributed by atoms with Gasteiger partial charge >= 0.3 is 0 Å². The second kappa shape index (κ2) is 8.51. The maximum atomic E-state index is 13.9. The fourth-order valence-corrected chi connectivity index (χ4v) is 6.90. The molecule has 5 heteroatoms. The first-order chi connectivity index (χ1) is 15.1. The molecule has 0 amide bonds. The lowest BCUT2D eigenvalue weighted by atomic mass is 9.45. The number of phenolic OH excluding ortho intramolecular Hbond substituents is 2. The Balaban J connectivity index is 1.69. The highest BCUT2D eigenvalue weighted by Gasteiger charge is 2.58. The van der Waals surface area contributed by atoms with Crippen LogP contribution in [0.4, 0.5) is 0 Å². The van der Waals surface area contributed by atoms with Crippen LogP contribution in [0.1, 0.15) is 69.3 Å². The molecule has 0 spiro atoms. The van der Waals surface area contributed by atoms with Gasteiger partial charge in [-0.25, -0.2) is 0 Å². The van der Waals surface area contributed by atoms with Crippen LogP contribution in [0.5, 0.6) is 11.5 Å². The number of benzene rings is 1. The Kier molecular flexibility index (Phi) is 6.06. The van der Waals surface area contributed by atoms with E-state index in [2.05, 4.69) is 38.0 Å². The van der Waals surface area contributed by atoms with Crippen molar-refractivity contribution in [2.45, 2.75) is 66.0 Å². The number of phenols is 2. The van der Waals surface area contributed by atoms with Gasteiger partial charge in [-0.05, 0) is 71.8 Å². The maximum absolute atomic E-state index is 13.9. The van der Waals surface area contributed by atoms with Crippen molar-refractivity contribution in [1.29, 1.82) is 0 Å². The van der Waals surface area contributed by atoms with Gasteiger partial charge in [-0.1, -0.05) is 34.1 Å². The molecule has 0 radical (unpaired) electrons. The lowest BCUT2D eigenvalue weighted by molar-refractivity contribution is -0.0917. The summed E-state index contributed by atoms with van der Waals surface area (Å²) >= 11 is 0. The minimum atomic E-state index is -0.183. The first-order valence-corrected chi connectivity index (χ1v) is 11.8. The van der Waals surface area contributed by atoms with Gasteiger partial charge in [0.1, 0.15) is 11.5 Å². The second-order valence-corrected chi connectivity index (χ2v) is 10.9. The van der Waals surface area contributed by atoms with Crippen molar-refractivity contribution in [1.82, 2.24) is 10.3 Å². The van der Waals surface area contributed by atoms with Gasteiger partial charge in [-0.2, -0.15) is 0 Å². The number of pyridine rings is 1. The molecular weight excluding hydrogens is 400 g/mol. The van der Waals surface area contributed by atoms with Gasteiger partial charge < -0.3 is 15.5 Å². The van der Waals surface area contributed by atoms with E-state index in [-0.39, 0.29) is 46.0 Å². The van der Waals surface area contributed by atoms with Gasteiger partial charge in [-0.3, -0.25) is 9.78 Å². The topological polar surface area (TPSA) is 82.5 Å². The van der Waals surface area contributed by atoms with Crippen LogP contribution in [0.15, 0.2) is 42.7 Å². The fraction of sp³-hybridized carbons (Fsp3) is 0.556. The van der Waals surface area contributed by atoms with Crippen LogP contribution in [0, 0.1) is 28.6 Å². The molecule has 0 aliphatic heterocycles. The molecule has 0 bridgehead atoms. The van der Waals surface area contributed by atoms with Crippen LogP contribution in [0.25, 0.3) is 0 Å². The van der Waals surface area contributed by atoms with Crippen molar-refractivity contribution in [3.8, 4) is 11.5 Å². The summed E-state index contributed by atoms with van der Waals surface area (Å²) in [6.07, 6.45) is 7.99. The van der Waals surface area contributed by atoms with Crippen molar-refractivity contribution in [3.63, 3.8) is 0 Å². The van der Waals surface area contributed by atoms with E-state index in [0.717, 1.165) is 25.8 Å². The Hall–Kier alpha value is -2.40. The van der Waals surface area contributed by atoms with Crippen LogP contribution in [-0.4, -0.2) is 27.0 Å². The summed E-state index contributed by atoms with van der Waals surface area (Å²) in [4.78, 5) is 18.1. The van der Waals surface area contributed by atoms with Crippen molar-refractivity contribution in [2.75, 3.05) is 0 Å². The number of hydrogen-bond acceptors (Lipinski definition) is 5. The molecule has 1 aromatic heterocycles. The van der Waals surface area contributed by atoms with Gasteiger partial charge in [0.15, 0.2) is 5.78 Å². The Bertz CT molecular complexity index is 954. The van der Waals surface area contributed by atoms with Gasteiger partial charge in [0, 0.05) is 42.5 Å². The summed E-state index contributed by atoms with van der Waals surface area (Å²) in [5.74, 6) is 0.240. The van der Waals surface area contributed by atoms with Crippen molar-refractivity contribution in [3.05, 3.63) is 53.9 Å². The number of nitrogens with zero attached hydrogens (tertiary/aromatic N) is 1. The second-order valence-electron chi connectivity index (χ2n) is 10.9. The highest BCUT2D eigenvalue weighted by molar-refractivity contribution is 5.99. The lowest BCUT2D eigenvalue weighted by Gasteiger charge is -2.60. The molecule has 0 unspecified atom stereocenters. The highest BCUT2D eigenvalue weighted by atomic mass is 16.3. The minimum absolute atomic E-state index is 0.0318. The predicted molar refractivity (Wildman–Crippen MR) is 125 cm³/mol. The molecule has 1 heterocycles. The molecule has 4 rings (SSSR count). The number of rotatable bonds is 5. The normalized spacial score (nSPS) is 31.6. The standard InChI is InChI=1S/C27H36N2O3/c1-17-22(29-16-18-6-10-28-11-7-18)15-23-26(2,3)8-5-9-27(23,4)24(17)25(32)19-12-20(30)14-21(31)13-19/h6-7,10-14,17,22-24,29-31H,5,8-9,15-16H2,1-4H3/t17-,22-,23+,24-,27-/m1/s1. The molecule has 0 saturated heterocycles. The lowest BCUT2D eigenvalue weighted by Crippen LogP contribution is -2.60. The summed E-state index contributed by atoms with van der Waals surface area (Å²) in [5.41, 5.74) is 1.62. The quantitative estimate of drug-likeness (QED) is 0.553. The zero-order valence-corrected chi connectivity index (χ0v) is 19.6. The molecule has 2 aliphatic rings. The summed E-state index contributed by atoms with van der Waals surface area (Å²) in [7, 11) is 0. The van der Waals surface area contributed by atoms with E-state index in [0.29, 0.717) is 11.5 Å². The molecule has 2 fully saturated rings. The Morgan fingerprint density at radius 1 is 1.09 bits per heavy atom. The first-order valence-electron chi connectivity index (χ1n) is 11.8. The third-order valence-electron chi connectivity index (χ3n) is 8.42. The van der Waals surface area contributed by atoms with Crippen LogP contribution >= 0.6 is 0 Å². The van der Waals surface area contributed by atoms with Gasteiger partial charge in [0.25, 0.3) is 0 Å². The zero-order valence-electron chi connectivity index (χ0n) is 19.6. The Morgan fingerprint density at radius 3 is 2.41 bits per heavy atom. The summed E-state index contributed by atoms with van der Waals surface area (Å²) in [5, 5.41) is 23.8. The van der Waals surface area contributed by atoms with Crippen LogP contribution < -0.4 is 5.32 Å². The molecular formula is C27H36N2O3. The first kappa shape index (κ1) is 22.8. The van der Waals surface area contributed by atoms with Crippen LogP contribution in [0.2, 0.25) is 0 Å². The fourth-order valence-electron chi connectivity index (χ4n) is 6.90. The van der Waals surface area contributed by atoms with E-state index < -0.39 is 0 Å². The number of ketones is 1. The van der Waals surface area contributed by atoms with E-state index in [1.165, 1.54) is 30.2 Å². The minimum Gasteiger partial charge on any atom is -0.508 e. The monoisotopic (exact) mass is 436 g/mol. The van der Waals surface area contributed by atoms with Crippen molar-refractivity contribution in [2.24, 2.45) is 28.6 Å². The molecule has 32 heavy (non-hydrogen) atoms. The average molecular weight is 437 g/mol. The Labute approximate surface area is 191 Å². The zero-order chi connectivity index (χ0) is 23.1. The SMILES string of the molecule is C[C@@H]1[C@H](NCc2ccncc2)C[C@H]2C(C)(C)CCC[C@@]2(C)[C@H]1C(=O)c1cc(O)cc(O)c1. The molecule has 1 aromatic carbocycles. The van der Waals surface area contributed by atoms with Crippen LogP contribution in [-0.2, 0) is 6.54 Å². The van der Waals surface area contributed by atoms with E-state index in [9.17, 15) is 15.0 Å². The van der Waals surface area contributed by atoms with E-state index in [1.54, 1.807) is 0 Å². The summed E-state index contributed by atoms with van der Waals surface area (Å²) in [6.45, 7) is 9.95. The largest absolute Gasteiger partial charge is 0.508 e. The predicted octanol–water partition coefficient (Wildman–Crippen LogP) is 5.32. The third kappa shape index (κ3) is 4.15. The number of nitrogens with one attached hydrogen (secondary N) is 1. The molecule has 2 aromatic rings. The molecule has 2 aliphatic carbocycles. The molecule has 172 valence electrons. The van der Waals surface area contributed by atoms with Gasteiger partial charge in [0.05, 0.1) is 0 Å². The third-order valence-corrected chi connectivity index (χ3v) is 8.42. The number of carbonyl (C=O) groups excluding carboxylic acids is 1. The van der Waals surface area contributed by atoms with E-state index in [4.69, 9.17) is 0 Å². The summed E-state index contributed by atoms with van der Waals surface area (Å²) in [6, 6.07) is 8.51. The number of hydrogen-bond donors (Lipinski definition) is 3. The van der Waals surface area contributed by atoms with E-state index >= 15 is 0 Å². The molecule has 2 saturated carbocycles. The molecule has 5 nitrogen and oxygen atoms in total. The number of fused-ring (bicyclic) bond motifs is 1. The summed E-state index contributed by atoms with van der Waals surface area (Å²) < 4.78 is 0. The van der Waals surface area contributed by atoms with Crippen molar-refractivity contribution >= 4 is 5.78 Å². The molecule has 3 N–H and O–H groups in total.